The van der Waals surface area contributed by atoms with Crippen LogP contribution in [0.25, 0.3) is 22.3 Å². The highest BCUT2D eigenvalue weighted by molar-refractivity contribution is 6.35. The smallest absolute Gasteiger partial charge is 0.164 e. The van der Waals surface area contributed by atoms with Gasteiger partial charge >= 0.3 is 0 Å². The SMILES string of the molecule is COc1cc(OC)c(Cl)c(-c2nc(NC3CCOC3)c3cc(N)ncc3n2)c1C. The number of nitrogens with two attached hydrogens (primary N) is 1. The molecule has 0 spiro atoms. The van der Waals surface area contributed by atoms with E-state index in [9.17, 15) is 0 Å². The molecule has 1 fully saturated rings. The van der Waals surface area contributed by atoms with E-state index < -0.39 is 0 Å². The van der Waals surface area contributed by atoms with E-state index >= 15 is 0 Å². The fourth-order valence-electron chi connectivity index (χ4n) is 3.44. The summed E-state index contributed by atoms with van der Waals surface area (Å²) in [7, 11) is 3.15. The molecule has 8 nitrogen and oxygen atoms in total. The zero-order chi connectivity index (χ0) is 20.5. The van der Waals surface area contributed by atoms with Crippen molar-refractivity contribution in [1.82, 2.24) is 15.0 Å². The lowest BCUT2D eigenvalue weighted by Crippen LogP contribution is -2.20. The minimum absolute atomic E-state index is 0.159. The van der Waals surface area contributed by atoms with Crippen molar-refractivity contribution in [1.29, 1.82) is 0 Å². The molecule has 0 bridgehead atoms. The zero-order valence-electron chi connectivity index (χ0n) is 16.5. The minimum Gasteiger partial charge on any atom is -0.496 e. The normalized spacial score (nSPS) is 16.2. The van der Waals surface area contributed by atoms with Gasteiger partial charge < -0.3 is 25.3 Å². The summed E-state index contributed by atoms with van der Waals surface area (Å²) >= 11 is 6.64. The molecule has 1 saturated heterocycles. The van der Waals surface area contributed by atoms with E-state index in [0.717, 1.165) is 24.0 Å². The summed E-state index contributed by atoms with van der Waals surface area (Å²) < 4.78 is 16.4. The van der Waals surface area contributed by atoms with Gasteiger partial charge in [0, 0.05) is 29.2 Å². The van der Waals surface area contributed by atoms with Gasteiger partial charge in [-0.05, 0) is 19.4 Å². The number of hydrogen-bond acceptors (Lipinski definition) is 8. The van der Waals surface area contributed by atoms with Crippen molar-refractivity contribution in [3.63, 3.8) is 0 Å². The summed E-state index contributed by atoms with van der Waals surface area (Å²) in [6, 6.07) is 3.67. The molecule has 3 heterocycles. The Kier molecular flexibility index (Phi) is 5.29. The molecule has 1 aliphatic heterocycles. The predicted octanol–water partition coefficient (Wildman–Crippen LogP) is 3.45. The molecule has 9 heteroatoms. The fraction of sp³-hybridized carbons (Fsp3) is 0.350. The molecule has 0 saturated carbocycles. The Morgan fingerprint density at radius 2 is 2.00 bits per heavy atom. The molecule has 3 aromatic rings. The molecule has 1 unspecified atom stereocenters. The number of methoxy groups -OCH3 is 2. The first-order valence-electron chi connectivity index (χ1n) is 9.20. The first-order chi connectivity index (χ1) is 14.0. The molecule has 3 N–H and O–H groups in total. The van der Waals surface area contributed by atoms with E-state index in [-0.39, 0.29) is 6.04 Å². The monoisotopic (exact) mass is 415 g/mol. The van der Waals surface area contributed by atoms with Crippen LogP contribution in [-0.4, -0.2) is 48.4 Å². The molecular weight excluding hydrogens is 394 g/mol. The van der Waals surface area contributed by atoms with E-state index in [4.69, 9.17) is 41.5 Å². The van der Waals surface area contributed by atoms with Crippen LogP contribution in [-0.2, 0) is 4.74 Å². The number of halogens is 1. The Hall–Kier alpha value is -2.84. The van der Waals surface area contributed by atoms with Crippen molar-refractivity contribution in [2.24, 2.45) is 0 Å². The Morgan fingerprint density at radius 3 is 2.69 bits per heavy atom. The number of rotatable bonds is 5. The molecule has 29 heavy (non-hydrogen) atoms. The number of aromatic nitrogens is 3. The van der Waals surface area contributed by atoms with Gasteiger partial charge in [-0.25, -0.2) is 15.0 Å². The molecule has 152 valence electrons. The number of anilines is 2. The summed E-state index contributed by atoms with van der Waals surface area (Å²) in [4.78, 5) is 13.7. The van der Waals surface area contributed by atoms with Gasteiger partial charge in [-0.15, -0.1) is 0 Å². The van der Waals surface area contributed by atoms with Crippen molar-refractivity contribution in [2.45, 2.75) is 19.4 Å². The first-order valence-corrected chi connectivity index (χ1v) is 9.58. The van der Waals surface area contributed by atoms with E-state index in [1.165, 1.54) is 0 Å². The molecule has 1 aliphatic rings. The topological polar surface area (TPSA) is 104 Å². The number of fused-ring (bicyclic) bond motifs is 1. The second kappa shape index (κ2) is 7.88. The molecule has 0 aliphatic carbocycles. The molecule has 2 aromatic heterocycles. The number of nitrogens with zero attached hydrogens (tertiary/aromatic N) is 3. The lowest BCUT2D eigenvalue weighted by atomic mass is 10.1. The van der Waals surface area contributed by atoms with Crippen LogP contribution in [0.3, 0.4) is 0 Å². The van der Waals surface area contributed by atoms with Crippen LogP contribution in [0.15, 0.2) is 18.3 Å². The van der Waals surface area contributed by atoms with E-state index in [1.807, 2.05) is 6.92 Å². The van der Waals surface area contributed by atoms with Gasteiger partial charge in [-0.1, -0.05) is 11.6 Å². The summed E-state index contributed by atoms with van der Waals surface area (Å²) in [5.41, 5.74) is 8.02. The van der Waals surface area contributed by atoms with Crippen LogP contribution in [0.2, 0.25) is 5.02 Å². The average molecular weight is 416 g/mol. The van der Waals surface area contributed by atoms with Crippen molar-refractivity contribution >= 4 is 34.1 Å². The van der Waals surface area contributed by atoms with Crippen molar-refractivity contribution < 1.29 is 14.2 Å². The standard InChI is InChI=1S/C20H22ClN5O3/c1-10-14(27-2)7-15(28-3)18(21)17(10)20-25-13-8-23-16(22)6-12(13)19(26-20)24-11-4-5-29-9-11/h6-8,11H,4-5,9H2,1-3H3,(H2,22,23)(H,24,25,26). The molecule has 4 rings (SSSR count). The maximum atomic E-state index is 6.64. The van der Waals surface area contributed by atoms with Crippen LogP contribution in [0.4, 0.5) is 11.6 Å². The maximum Gasteiger partial charge on any atom is 0.164 e. The number of nitrogens with one attached hydrogen (secondary N) is 1. The highest BCUT2D eigenvalue weighted by atomic mass is 35.5. The van der Waals surface area contributed by atoms with Crippen molar-refractivity contribution in [3.8, 4) is 22.9 Å². The number of nitrogen functional groups attached to an aromatic ring is 1. The van der Waals surface area contributed by atoms with Crippen LogP contribution >= 0.6 is 11.6 Å². The van der Waals surface area contributed by atoms with Crippen molar-refractivity contribution in [2.75, 3.05) is 38.5 Å². The van der Waals surface area contributed by atoms with Crippen molar-refractivity contribution in [3.05, 3.63) is 28.9 Å². The second-order valence-corrected chi connectivity index (χ2v) is 7.20. The number of hydrogen-bond donors (Lipinski definition) is 2. The van der Waals surface area contributed by atoms with Gasteiger partial charge in [0.2, 0.25) is 0 Å². The van der Waals surface area contributed by atoms with Gasteiger partial charge in [0.25, 0.3) is 0 Å². The maximum absolute atomic E-state index is 6.64. The molecule has 0 amide bonds. The average Bonchev–Trinajstić information content (AvgIpc) is 3.22. The van der Waals surface area contributed by atoms with Gasteiger partial charge in [-0.3, -0.25) is 0 Å². The van der Waals surface area contributed by atoms with Gasteiger partial charge in [0.15, 0.2) is 5.82 Å². The highest BCUT2D eigenvalue weighted by Crippen LogP contribution is 2.42. The molecule has 0 radical (unpaired) electrons. The zero-order valence-corrected chi connectivity index (χ0v) is 17.2. The second-order valence-electron chi connectivity index (χ2n) is 6.82. The Morgan fingerprint density at radius 1 is 1.21 bits per heavy atom. The minimum atomic E-state index is 0.159. The van der Waals surface area contributed by atoms with E-state index in [0.29, 0.717) is 51.7 Å². The van der Waals surface area contributed by atoms with Gasteiger partial charge in [0.05, 0.1) is 43.6 Å². The van der Waals surface area contributed by atoms with Crippen LogP contribution in [0.1, 0.15) is 12.0 Å². The molecular formula is C20H22ClN5O3. The van der Waals surface area contributed by atoms with Gasteiger partial charge in [0.1, 0.15) is 23.1 Å². The van der Waals surface area contributed by atoms with E-state index in [1.54, 1.807) is 32.5 Å². The summed E-state index contributed by atoms with van der Waals surface area (Å²) in [6.07, 6.45) is 2.53. The van der Waals surface area contributed by atoms with Crippen LogP contribution < -0.4 is 20.5 Å². The number of benzene rings is 1. The summed E-state index contributed by atoms with van der Waals surface area (Å²) in [5.74, 6) is 2.63. The van der Waals surface area contributed by atoms with Crippen LogP contribution in [0, 0.1) is 6.92 Å². The lowest BCUT2D eigenvalue weighted by molar-refractivity contribution is 0.195. The molecule has 1 aromatic carbocycles. The number of ether oxygens (including phenoxy) is 3. The fourth-order valence-corrected chi connectivity index (χ4v) is 3.80. The third-order valence-corrected chi connectivity index (χ3v) is 5.36. The van der Waals surface area contributed by atoms with E-state index in [2.05, 4.69) is 10.3 Å². The first kappa shape index (κ1) is 19.5. The third kappa shape index (κ3) is 3.61. The quantitative estimate of drug-likeness (QED) is 0.652. The Balaban J connectivity index is 1.94. The number of pyridine rings is 1. The van der Waals surface area contributed by atoms with Crippen LogP contribution in [0.5, 0.6) is 11.5 Å². The lowest BCUT2D eigenvalue weighted by Gasteiger charge is -2.18. The van der Waals surface area contributed by atoms with Gasteiger partial charge in [-0.2, -0.15) is 0 Å². The Labute approximate surface area is 173 Å². The third-order valence-electron chi connectivity index (χ3n) is 4.98. The highest BCUT2D eigenvalue weighted by Gasteiger charge is 2.23. The summed E-state index contributed by atoms with van der Waals surface area (Å²) in [6.45, 7) is 3.25. The Bertz CT molecular complexity index is 1040. The molecule has 1 atom stereocenters. The largest absolute Gasteiger partial charge is 0.496 e. The summed E-state index contributed by atoms with van der Waals surface area (Å²) in [5, 5.41) is 4.66. The predicted molar refractivity (Wildman–Crippen MR) is 113 cm³/mol.